The van der Waals surface area contributed by atoms with E-state index in [0.717, 1.165) is 11.1 Å². The van der Waals surface area contributed by atoms with Crippen LogP contribution >= 0.6 is 11.6 Å². The fraction of sp³-hybridized carbons (Fsp3) is 0.188. The molecule has 0 bridgehead atoms. The zero-order valence-electron chi connectivity index (χ0n) is 10.9. The molecule has 1 N–H and O–H groups in total. The average Bonchev–Trinajstić information content (AvgIpc) is 2.37. The third kappa shape index (κ3) is 3.36. The minimum absolute atomic E-state index is 0.234. The summed E-state index contributed by atoms with van der Waals surface area (Å²) in [6, 6.07) is 11.4. The van der Waals surface area contributed by atoms with Gasteiger partial charge in [-0.2, -0.15) is 0 Å². The highest BCUT2D eigenvalue weighted by Gasteiger charge is 2.21. The lowest BCUT2D eigenvalue weighted by Gasteiger charge is -2.14. The fourth-order valence-electron chi connectivity index (χ4n) is 2.14. The average molecular weight is 293 g/mol. The van der Waals surface area contributed by atoms with Crippen LogP contribution in [0.1, 0.15) is 22.6 Å². The van der Waals surface area contributed by atoms with Gasteiger partial charge in [0.2, 0.25) is 0 Å². The van der Waals surface area contributed by atoms with E-state index in [4.69, 9.17) is 11.6 Å². The smallest absolute Gasteiger partial charge is 0.311 e. The van der Waals surface area contributed by atoms with E-state index in [1.54, 1.807) is 6.07 Å². The quantitative estimate of drug-likeness (QED) is 0.917. The Bertz CT molecular complexity index is 640. The Morgan fingerprint density at radius 2 is 2.05 bits per heavy atom. The summed E-state index contributed by atoms with van der Waals surface area (Å²) >= 11 is 5.96. The molecule has 0 amide bonds. The summed E-state index contributed by atoms with van der Waals surface area (Å²) in [6.07, 6.45) is 0.234. The predicted molar refractivity (Wildman–Crippen MR) is 76.7 cm³/mol. The van der Waals surface area contributed by atoms with Crippen molar-refractivity contribution in [1.29, 1.82) is 0 Å². The molecular formula is C16H14ClFO2. The van der Waals surface area contributed by atoms with Gasteiger partial charge in [-0.15, -0.1) is 0 Å². The van der Waals surface area contributed by atoms with Gasteiger partial charge in [-0.05, 0) is 36.6 Å². The molecule has 0 heterocycles. The minimum atomic E-state index is -0.920. The van der Waals surface area contributed by atoms with Crippen LogP contribution in [-0.2, 0) is 11.2 Å². The van der Waals surface area contributed by atoms with Crippen LogP contribution < -0.4 is 0 Å². The highest BCUT2D eigenvalue weighted by Crippen LogP contribution is 2.26. The van der Waals surface area contributed by atoms with Crippen LogP contribution in [0, 0.1) is 12.7 Å². The Kier molecular flexibility index (Phi) is 4.40. The summed E-state index contributed by atoms with van der Waals surface area (Å²) in [5.74, 6) is -2.05. The maximum absolute atomic E-state index is 13.0. The van der Waals surface area contributed by atoms with Crippen LogP contribution in [0.5, 0.6) is 0 Å². The molecule has 1 atom stereocenters. The Morgan fingerprint density at radius 3 is 2.65 bits per heavy atom. The number of hydrogen-bond acceptors (Lipinski definition) is 1. The molecule has 0 saturated carbocycles. The lowest BCUT2D eigenvalue weighted by molar-refractivity contribution is -0.138. The van der Waals surface area contributed by atoms with Crippen molar-refractivity contribution in [2.45, 2.75) is 19.3 Å². The van der Waals surface area contributed by atoms with Gasteiger partial charge in [0.15, 0.2) is 0 Å². The van der Waals surface area contributed by atoms with Crippen LogP contribution in [0.2, 0.25) is 5.02 Å². The van der Waals surface area contributed by atoms with E-state index in [-0.39, 0.29) is 11.4 Å². The van der Waals surface area contributed by atoms with Gasteiger partial charge in [-0.1, -0.05) is 47.5 Å². The first-order chi connectivity index (χ1) is 9.47. The van der Waals surface area contributed by atoms with Crippen LogP contribution in [0.15, 0.2) is 42.5 Å². The van der Waals surface area contributed by atoms with Gasteiger partial charge in [0.25, 0.3) is 0 Å². The van der Waals surface area contributed by atoms with Gasteiger partial charge >= 0.3 is 5.97 Å². The Hall–Kier alpha value is -1.87. The van der Waals surface area contributed by atoms with Crippen LogP contribution in [-0.4, -0.2) is 11.1 Å². The number of carboxylic acid groups (broad SMARTS) is 1. The molecule has 1 unspecified atom stereocenters. The molecular weight excluding hydrogens is 279 g/mol. The van der Waals surface area contributed by atoms with Gasteiger partial charge in [-0.25, -0.2) is 4.39 Å². The van der Waals surface area contributed by atoms with E-state index >= 15 is 0 Å². The molecule has 2 rings (SSSR count). The van der Waals surface area contributed by atoms with Crippen LogP contribution in [0.3, 0.4) is 0 Å². The summed E-state index contributed by atoms with van der Waals surface area (Å²) in [5, 5.41) is 9.66. The number of rotatable bonds is 4. The van der Waals surface area contributed by atoms with Gasteiger partial charge in [0.05, 0.1) is 5.92 Å². The van der Waals surface area contributed by atoms with E-state index in [1.807, 2.05) is 25.1 Å². The van der Waals surface area contributed by atoms with E-state index < -0.39 is 17.7 Å². The number of carboxylic acids is 1. The maximum Gasteiger partial charge on any atom is 0.311 e. The second kappa shape index (κ2) is 6.06. The molecule has 0 aliphatic carbocycles. The Morgan fingerprint density at radius 1 is 1.30 bits per heavy atom. The summed E-state index contributed by atoms with van der Waals surface area (Å²) in [7, 11) is 0. The SMILES string of the molecule is Cc1cccc(C(Cc2ccc(F)cc2Cl)C(=O)O)c1. The maximum atomic E-state index is 13.0. The van der Waals surface area contributed by atoms with Crippen LogP contribution in [0.25, 0.3) is 0 Å². The van der Waals surface area contributed by atoms with Crippen molar-refractivity contribution >= 4 is 17.6 Å². The number of carbonyl (C=O) groups is 1. The topological polar surface area (TPSA) is 37.3 Å². The summed E-state index contributed by atoms with van der Waals surface area (Å²) in [4.78, 5) is 11.5. The van der Waals surface area contributed by atoms with E-state index in [1.165, 1.54) is 18.2 Å². The largest absolute Gasteiger partial charge is 0.481 e. The minimum Gasteiger partial charge on any atom is -0.481 e. The zero-order valence-corrected chi connectivity index (χ0v) is 11.7. The van der Waals surface area contributed by atoms with Crippen molar-refractivity contribution in [2.24, 2.45) is 0 Å². The molecule has 0 aliphatic heterocycles. The standard InChI is InChI=1S/C16H14ClFO2/c1-10-3-2-4-11(7-10)14(16(19)20)8-12-5-6-13(18)9-15(12)17/h2-7,9,14H,8H2,1H3,(H,19,20). The lowest BCUT2D eigenvalue weighted by atomic mass is 9.91. The molecule has 0 saturated heterocycles. The number of aryl methyl sites for hydroxylation is 1. The first kappa shape index (κ1) is 14.5. The molecule has 0 aliphatic rings. The fourth-order valence-corrected chi connectivity index (χ4v) is 2.39. The molecule has 104 valence electrons. The summed E-state index contributed by atoms with van der Waals surface area (Å²) in [5.41, 5.74) is 2.35. The summed E-state index contributed by atoms with van der Waals surface area (Å²) < 4.78 is 13.0. The lowest BCUT2D eigenvalue weighted by Crippen LogP contribution is -2.15. The number of hydrogen-bond donors (Lipinski definition) is 1. The van der Waals surface area contributed by atoms with E-state index in [2.05, 4.69) is 0 Å². The highest BCUT2D eigenvalue weighted by atomic mass is 35.5. The van der Waals surface area contributed by atoms with Gasteiger partial charge in [0.1, 0.15) is 5.82 Å². The number of halogens is 2. The molecule has 4 heteroatoms. The Labute approximate surface area is 121 Å². The number of aliphatic carboxylic acids is 1. The van der Waals surface area contributed by atoms with Gasteiger partial charge < -0.3 is 5.11 Å². The molecule has 2 aromatic rings. The molecule has 0 radical (unpaired) electrons. The van der Waals surface area contributed by atoms with Gasteiger partial charge in [0, 0.05) is 5.02 Å². The van der Waals surface area contributed by atoms with Crippen molar-refractivity contribution in [3.05, 3.63) is 70.0 Å². The van der Waals surface area contributed by atoms with Crippen LogP contribution in [0.4, 0.5) is 4.39 Å². The first-order valence-corrected chi connectivity index (χ1v) is 6.58. The van der Waals surface area contributed by atoms with Crippen molar-refractivity contribution < 1.29 is 14.3 Å². The van der Waals surface area contributed by atoms with Crippen molar-refractivity contribution in [1.82, 2.24) is 0 Å². The molecule has 20 heavy (non-hydrogen) atoms. The third-order valence-corrected chi connectivity index (χ3v) is 3.53. The van der Waals surface area contributed by atoms with Crippen molar-refractivity contribution in [2.75, 3.05) is 0 Å². The van der Waals surface area contributed by atoms with Crippen molar-refractivity contribution in [3.8, 4) is 0 Å². The number of benzene rings is 2. The first-order valence-electron chi connectivity index (χ1n) is 6.20. The zero-order chi connectivity index (χ0) is 14.7. The second-order valence-electron chi connectivity index (χ2n) is 4.74. The van der Waals surface area contributed by atoms with E-state index in [0.29, 0.717) is 5.56 Å². The monoisotopic (exact) mass is 292 g/mol. The normalized spacial score (nSPS) is 12.2. The molecule has 0 spiro atoms. The predicted octanol–water partition coefficient (Wildman–Crippen LogP) is 4.20. The molecule has 2 nitrogen and oxygen atoms in total. The van der Waals surface area contributed by atoms with Gasteiger partial charge in [-0.3, -0.25) is 4.79 Å². The molecule has 0 aromatic heterocycles. The molecule has 0 fully saturated rings. The third-order valence-electron chi connectivity index (χ3n) is 3.18. The summed E-state index contributed by atoms with van der Waals surface area (Å²) in [6.45, 7) is 1.91. The molecule has 2 aromatic carbocycles. The Balaban J connectivity index is 2.33. The second-order valence-corrected chi connectivity index (χ2v) is 5.15. The highest BCUT2D eigenvalue weighted by molar-refractivity contribution is 6.31. The van der Waals surface area contributed by atoms with Crippen molar-refractivity contribution in [3.63, 3.8) is 0 Å². The van der Waals surface area contributed by atoms with E-state index in [9.17, 15) is 14.3 Å².